The van der Waals surface area contributed by atoms with Crippen molar-refractivity contribution in [1.82, 2.24) is 4.57 Å². The van der Waals surface area contributed by atoms with Gasteiger partial charge in [-0.1, -0.05) is 0 Å². The molecule has 0 spiro atoms. The van der Waals surface area contributed by atoms with Crippen molar-refractivity contribution in [2.24, 2.45) is 0 Å². The first kappa shape index (κ1) is 10.8. The maximum absolute atomic E-state index is 11.4. The molecular formula is C10H16N2O2. The molecule has 1 aromatic heterocycles. The van der Waals surface area contributed by atoms with Gasteiger partial charge in [-0.15, -0.1) is 0 Å². The fraction of sp³-hybridized carbons (Fsp3) is 0.500. The number of pyridine rings is 1. The SMILES string of the molecule is CCOCCn1cc(N)c(C)cc1=O. The Hall–Kier alpha value is -1.29. The van der Waals surface area contributed by atoms with Crippen LogP contribution in [0.3, 0.4) is 0 Å². The highest BCUT2D eigenvalue weighted by atomic mass is 16.5. The van der Waals surface area contributed by atoms with Crippen molar-refractivity contribution < 1.29 is 4.74 Å². The lowest BCUT2D eigenvalue weighted by atomic mass is 10.2. The summed E-state index contributed by atoms with van der Waals surface area (Å²) >= 11 is 0. The molecule has 0 aromatic carbocycles. The Balaban J connectivity index is 2.77. The van der Waals surface area contributed by atoms with Crippen molar-refractivity contribution >= 4 is 5.69 Å². The maximum atomic E-state index is 11.4. The van der Waals surface area contributed by atoms with Crippen LogP contribution in [0.15, 0.2) is 17.1 Å². The number of aryl methyl sites for hydroxylation is 1. The minimum Gasteiger partial charge on any atom is -0.397 e. The number of ether oxygens (including phenoxy) is 1. The van der Waals surface area contributed by atoms with E-state index >= 15 is 0 Å². The first-order valence-corrected chi connectivity index (χ1v) is 4.69. The number of anilines is 1. The molecule has 0 aliphatic carbocycles. The van der Waals surface area contributed by atoms with Crippen LogP contribution in [0, 0.1) is 6.92 Å². The molecule has 0 atom stereocenters. The molecule has 4 nitrogen and oxygen atoms in total. The van der Waals surface area contributed by atoms with Crippen molar-refractivity contribution in [2.45, 2.75) is 20.4 Å². The Morgan fingerprint density at radius 2 is 2.29 bits per heavy atom. The summed E-state index contributed by atoms with van der Waals surface area (Å²) in [5.41, 5.74) is 7.12. The number of hydrogen-bond acceptors (Lipinski definition) is 3. The standard InChI is InChI=1S/C10H16N2O2/c1-3-14-5-4-12-7-9(11)8(2)6-10(12)13/h6-7H,3-5,11H2,1-2H3. The predicted molar refractivity (Wildman–Crippen MR) is 56.3 cm³/mol. The first-order chi connectivity index (χ1) is 6.65. The minimum atomic E-state index is -0.0311. The van der Waals surface area contributed by atoms with Gasteiger partial charge < -0.3 is 15.0 Å². The molecule has 0 saturated carbocycles. The highest BCUT2D eigenvalue weighted by Crippen LogP contribution is 2.04. The van der Waals surface area contributed by atoms with Crippen molar-refractivity contribution in [3.05, 3.63) is 28.2 Å². The molecule has 0 saturated heterocycles. The molecule has 1 heterocycles. The topological polar surface area (TPSA) is 57.2 Å². The lowest BCUT2D eigenvalue weighted by Gasteiger charge is -2.07. The molecule has 0 fully saturated rings. The van der Waals surface area contributed by atoms with Gasteiger partial charge >= 0.3 is 0 Å². The smallest absolute Gasteiger partial charge is 0.250 e. The third kappa shape index (κ3) is 2.60. The summed E-state index contributed by atoms with van der Waals surface area (Å²) < 4.78 is 6.73. The quantitative estimate of drug-likeness (QED) is 0.724. The Morgan fingerprint density at radius 1 is 1.57 bits per heavy atom. The summed E-state index contributed by atoms with van der Waals surface area (Å²) in [6.45, 7) is 5.50. The third-order valence-corrected chi connectivity index (χ3v) is 2.05. The maximum Gasteiger partial charge on any atom is 0.250 e. The van der Waals surface area contributed by atoms with E-state index in [1.54, 1.807) is 16.8 Å². The molecule has 0 unspecified atom stereocenters. The molecule has 78 valence electrons. The number of aromatic nitrogens is 1. The molecule has 0 bridgehead atoms. The number of nitrogens with two attached hydrogens (primary N) is 1. The fourth-order valence-electron chi connectivity index (χ4n) is 1.17. The van der Waals surface area contributed by atoms with Crippen LogP contribution in [0.1, 0.15) is 12.5 Å². The molecule has 0 aliphatic heterocycles. The Bertz CT molecular complexity index is 358. The van der Waals surface area contributed by atoms with Crippen molar-refractivity contribution in [3.8, 4) is 0 Å². The van der Waals surface area contributed by atoms with Gasteiger partial charge in [0.15, 0.2) is 0 Å². The Kier molecular flexibility index (Phi) is 3.71. The van der Waals surface area contributed by atoms with Crippen LogP contribution in [0.4, 0.5) is 5.69 Å². The molecule has 0 amide bonds. The van der Waals surface area contributed by atoms with E-state index in [-0.39, 0.29) is 5.56 Å². The highest BCUT2D eigenvalue weighted by molar-refractivity contribution is 5.42. The van der Waals surface area contributed by atoms with Crippen LogP contribution in [-0.2, 0) is 11.3 Å². The van der Waals surface area contributed by atoms with Gasteiger partial charge in [0.25, 0.3) is 5.56 Å². The zero-order valence-corrected chi connectivity index (χ0v) is 8.62. The summed E-state index contributed by atoms with van der Waals surface area (Å²) in [7, 11) is 0. The largest absolute Gasteiger partial charge is 0.397 e. The first-order valence-electron chi connectivity index (χ1n) is 4.69. The molecule has 2 N–H and O–H groups in total. The number of nitrogens with zero attached hydrogens (tertiary/aromatic N) is 1. The van der Waals surface area contributed by atoms with Crippen LogP contribution in [0.25, 0.3) is 0 Å². The molecular weight excluding hydrogens is 180 g/mol. The average molecular weight is 196 g/mol. The summed E-state index contributed by atoms with van der Waals surface area (Å²) in [5, 5.41) is 0. The van der Waals surface area contributed by atoms with E-state index in [0.29, 0.717) is 25.4 Å². The molecule has 4 heteroatoms. The van der Waals surface area contributed by atoms with E-state index in [9.17, 15) is 4.79 Å². The molecule has 0 radical (unpaired) electrons. The summed E-state index contributed by atoms with van der Waals surface area (Å²) in [6.07, 6.45) is 1.66. The second-order valence-corrected chi connectivity index (χ2v) is 3.14. The van der Waals surface area contributed by atoms with Gasteiger partial charge in [0.2, 0.25) is 0 Å². The van der Waals surface area contributed by atoms with Crippen molar-refractivity contribution in [1.29, 1.82) is 0 Å². The second kappa shape index (κ2) is 4.81. The lowest BCUT2D eigenvalue weighted by Crippen LogP contribution is -2.22. The lowest BCUT2D eigenvalue weighted by molar-refractivity contribution is 0.138. The number of rotatable bonds is 4. The zero-order chi connectivity index (χ0) is 10.6. The molecule has 14 heavy (non-hydrogen) atoms. The van der Waals surface area contributed by atoms with Crippen LogP contribution in [0.5, 0.6) is 0 Å². The highest BCUT2D eigenvalue weighted by Gasteiger charge is 1.99. The van der Waals surface area contributed by atoms with Crippen LogP contribution in [0.2, 0.25) is 0 Å². The van der Waals surface area contributed by atoms with Crippen molar-refractivity contribution in [2.75, 3.05) is 18.9 Å². The van der Waals surface area contributed by atoms with E-state index in [0.717, 1.165) is 5.56 Å². The third-order valence-electron chi connectivity index (χ3n) is 2.05. The van der Waals surface area contributed by atoms with Gasteiger partial charge in [-0.2, -0.15) is 0 Å². The average Bonchev–Trinajstić information content (AvgIpc) is 2.14. The number of hydrogen-bond donors (Lipinski definition) is 1. The summed E-state index contributed by atoms with van der Waals surface area (Å²) in [6, 6.07) is 1.54. The van der Waals surface area contributed by atoms with Crippen molar-refractivity contribution in [3.63, 3.8) is 0 Å². The van der Waals surface area contributed by atoms with Crippen LogP contribution >= 0.6 is 0 Å². The van der Waals surface area contributed by atoms with Crippen LogP contribution < -0.4 is 11.3 Å². The van der Waals surface area contributed by atoms with E-state index < -0.39 is 0 Å². The monoisotopic (exact) mass is 196 g/mol. The van der Waals surface area contributed by atoms with E-state index in [1.807, 2.05) is 13.8 Å². The fourth-order valence-corrected chi connectivity index (χ4v) is 1.17. The van der Waals surface area contributed by atoms with Gasteiger partial charge in [-0.25, -0.2) is 0 Å². The normalized spacial score (nSPS) is 10.4. The van der Waals surface area contributed by atoms with Gasteiger partial charge in [0.1, 0.15) is 0 Å². The second-order valence-electron chi connectivity index (χ2n) is 3.14. The van der Waals surface area contributed by atoms with E-state index in [1.165, 1.54) is 0 Å². The summed E-state index contributed by atoms with van der Waals surface area (Å²) in [5.74, 6) is 0. The zero-order valence-electron chi connectivity index (χ0n) is 8.62. The molecule has 1 rings (SSSR count). The Morgan fingerprint density at radius 3 is 2.93 bits per heavy atom. The van der Waals surface area contributed by atoms with Crippen LogP contribution in [-0.4, -0.2) is 17.8 Å². The van der Waals surface area contributed by atoms with Gasteiger partial charge in [-0.05, 0) is 19.4 Å². The summed E-state index contributed by atoms with van der Waals surface area (Å²) in [4.78, 5) is 11.4. The van der Waals surface area contributed by atoms with Gasteiger partial charge in [-0.3, -0.25) is 4.79 Å². The van der Waals surface area contributed by atoms with E-state index in [4.69, 9.17) is 10.5 Å². The molecule has 1 aromatic rings. The minimum absolute atomic E-state index is 0.0311. The predicted octanol–water partition coefficient (Wildman–Crippen LogP) is 0.775. The van der Waals surface area contributed by atoms with E-state index in [2.05, 4.69) is 0 Å². The molecule has 0 aliphatic rings. The van der Waals surface area contributed by atoms with Gasteiger partial charge in [0.05, 0.1) is 12.3 Å². The van der Waals surface area contributed by atoms with Gasteiger partial charge in [0, 0.05) is 25.4 Å². The Labute approximate surface area is 83.3 Å². The number of nitrogen functional groups attached to an aromatic ring is 1.